The summed E-state index contributed by atoms with van der Waals surface area (Å²) >= 11 is 0. The van der Waals surface area contributed by atoms with E-state index in [9.17, 15) is 5.11 Å². The summed E-state index contributed by atoms with van der Waals surface area (Å²) in [6, 6.07) is 8.57. The minimum atomic E-state index is -0.546. The van der Waals surface area contributed by atoms with Crippen LogP contribution >= 0.6 is 0 Å². The maximum Gasteiger partial charge on any atom is 0.138 e. The van der Waals surface area contributed by atoms with E-state index in [-0.39, 0.29) is 12.0 Å². The van der Waals surface area contributed by atoms with Crippen molar-refractivity contribution in [1.82, 2.24) is 19.1 Å². The van der Waals surface area contributed by atoms with Crippen LogP contribution in [0.5, 0.6) is 0 Å². The molecule has 1 aromatic carbocycles. The van der Waals surface area contributed by atoms with Crippen LogP contribution in [0.1, 0.15) is 30.0 Å². The summed E-state index contributed by atoms with van der Waals surface area (Å²) in [6.07, 6.45) is 7.89. The van der Waals surface area contributed by atoms with Gasteiger partial charge in [0, 0.05) is 30.4 Å². The molecule has 0 radical (unpaired) electrons. The van der Waals surface area contributed by atoms with Crippen molar-refractivity contribution < 1.29 is 5.11 Å². The minimum Gasteiger partial charge on any atom is -0.385 e. The van der Waals surface area contributed by atoms with E-state index in [1.54, 1.807) is 6.20 Å². The Hall–Kier alpha value is -2.40. The van der Waals surface area contributed by atoms with Crippen molar-refractivity contribution >= 4 is 0 Å². The van der Waals surface area contributed by atoms with E-state index in [0.29, 0.717) is 0 Å². The molecule has 3 atom stereocenters. The summed E-state index contributed by atoms with van der Waals surface area (Å²) in [5.74, 6) is 0.897. The maximum atomic E-state index is 10.8. The molecule has 0 aliphatic carbocycles. The summed E-state index contributed by atoms with van der Waals surface area (Å²) < 4.78 is 4.26. The fraction of sp³-hybridized carbons (Fsp3) is 0.294. The molecule has 5 nitrogen and oxygen atoms in total. The Morgan fingerprint density at radius 3 is 3.09 bits per heavy atom. The van der Waals surface area contributed by atoms with Gasteiger partial charge in [-0.15, -0.1) is 0 Å². The van der Waals surface area contributed by atoms with E-state index < -0.39 is 6.10 Å². The molecule has 22 heavy (non-hydrogen) atoms. The Balaban J connectivity index is 1.65. The standard InChI is InChI=1S/C17H16N4O/c22-16-13(5-7-20-8-6-19-17(16)20)15-12-4-2-1-3-11(12)14-9-18-10-21(14)15/h1-4,6,8-10,13,15-16,22H,5,7H2/t13-,15?,16-/m1/s1. The number of rotatable bonds is 1. The van der Waals surface area contributed by atoms with Crippen LogP contribution in [0.25, 0.3) is 11.3 Å². The van der Waals surface area contributed by atoms with Crippen molar-refractivity contribution in [2.45, 2.75) is 25.1 Å². The summed E-state index contributed by atoms with van der Waals surface area (Å²) in [5, 5.41) is 10.8. The molecule has 1 unspecified atom stereocenters. The van der Waals surface area contributed by atoms with Crippen molar-refractivity contribution in [2.24, 2.45) is 5.92 Å². The van der Waals surface area contributed by atoms with E-state index in [4.69, 9.17) is 0 Å². The summed E-state index contributed by atoms with van der Waals surface area (Å²) in [6.45, 7) is 0.903. The monoisotopic (exact) mass is 292 g/mol. The van der Waals surface area contributed by atoms with Gasteiger partial charge >= 0.3 is 0 Å². The minimum absolute atomic E-state index is 0.117. The number of nitrogens with zero attached hydrogens (tertiary/aromatic N) is 4. The number of hydrogen-bond acceptors (Lipinski definition) is 3. The lowest BCUT2D eigenvalue weighted by Crippen LogP contribution is -2.31. The first-order valence-corrected chi connectivity index (χ1v) is 7.65. The van der Waals surface area contributed by atoms with Gasteiger partial charge in [-0.25, -0.2) is 9.97 Å². The van der Waals surface area contributed by atoms with Crippen LogP contribution in [0.4, 0.5) is 0 Å². The SMILES string of the molecule is O[C@H]1c2nccn2CC[C@@H]1C1c2ccccc2-c2cncn21. The molecule has 0 saturated heterocycles. The van der Waals surface area contributed by atoms with Gasteiger partial charge in [0.15, 0.2) is 0 Å². The van der Waals surface area contributed by atoms with E-state index in [1.807, 2.05) is 18.7 Å². The Labute approximate surface area is 127 Å². The third-order valence-corrected chi connectivity index (χ3v) is 5.05. The number of aromatic nitrogens is 4. The van der Waals surface area contributed by atoms with Gasteiger partial charge in [-0.1, -0.05) is 24.3 Å². The van der Waals surface area contributed by atoms with Crippen LogP contribution < -0.4 is 0 Å². The smallest absolute Gasteiger partial charge is 0.138 e. The van der Waals surface area contributed by atoms with E-state index in [2.05, 4.69) is 43.4 Å². The van der Waals surface area contributed by atoms with Crippen molar-refractivity contribution in [3.05, 3.63) is 60.6 Å². The van der Waals surface area contributed by atoms with Crippen LogP contribution in [0.3, 0.4) is 0 Å². The van der Waals surface area contributed by atoms with Gasteiger partial charge in [0.1, 0.15) is 11.9 Å². The van der Waals surface area contributed by atoms with Gasteiger partial charge in [-0.05, 0) is 12.0 Å². The van der Waals surface area contributed by atoms with Crippen LogP contribution in [0.15, 0.2) is 49.2 Å². The molecule has 4 heterocycles. The van der Waals surface area contributed by atoms with Crippen molar-refractivity contribution in [3.8, 4) is 11.3 Å². The highest BCUT2D eigenvalue weighted by Crippen LogP contribution is 2.48. The zero-order valence-corrected chi connectivity index (χ0v) is 12.0. The van der Waals surface area contributed by atoms with Crippen LogP contribution in [-0.2, 0) is 6.54 Å². The first kappa shape index (κ1) is 12.2. The molecule has 110 valence electrons. The Morgan fingerprint density at radius 1 is 1.23 bits per heavy atom. The molecule has 5 rings (SSSR count). The van der Waals surface area contributed by atoms with Gasteiger partial charge in [-0.3, -0.25) is 0 Å². The summed E-state index contributed by atoms with van der Waals surface area (Å²) in [4.78, 5) is 8.65. The molecule has 2 aliphatic rings. The first-order chi connectivity index (χ1) is 10.8. The largest absolute Gasteiger partial charge is 0.385 e. The number of fused-ring (bicyclic) bond motifs is 4. The highest BCUT2D eigenvalue weighted by molar-refractivity contribution is 5.69. The van der Waals surface area contributed by atoms with Gasteiger partial charge in [-0.2, -0.15) is 0 Å². The van der Waals surface area contributed by atoms with E-state index in [1.165, 1.54) is 11.1 Å². The quantitative estimate of drug-likeness (QED) is 0.749. The fourth-order valence-corrected chi connectivity index (χ4v) is 4.05. The predicted molar refractivity (Wildman–Crippen MR) is 81.1 cm³/mol. The third-order valence-electron chi connectivity index (χ3n) is 5.05. The average molecular weight is 292 g/mol. The lowest BCUT2D eigenvalue weighted by Gasteiger charge is -2.34. The van der Waals surface area contributed by atoms with Crippen molar-refractivity contribution in [2.75, 3.05) is 0 Å². The number of aliphatic hydroxyl groups excluding tert-OH is 1. The second kappa shape index (κ2) is 4.30. The molecule has 3 aromatic rings. The molecule has 1 N–H and O–H groups in total. The molecule has 0 saturated carbocycles. The molecule has 0 fully saturated rings. The lowest BCUT2D eigenvalue weighted by molar-refractivity contribution is 0.0514. The Bertz CT molecular complexity index is 850. The molecule has 0 bridgehead atoms. The molecule has 0 amide bonds. The van der Waals surface area contributed by atoms with Gasteiger partial charge < -0.3 is 14.2 Å². The molecule has 2 aliphatic heterocycles. The second-order valence-electron chi connectivity index (χ2n) is 6.09. The zero-order chi connectivity index (χ0) is 14.7. The maximum absolute atomic E-state index is 10.8. The highest BCUT2D eigenvalue weighted by atomic mass is 16.3. The van der Waals surface area contributed by atoms with Crippen LogP contribution in [-0.4, -0.2) is 24.2 Å². The fourth-order valence-electron chi connectivity index (χ4n) is 4.05. The topological polar surface area (TPSA) is 55.9 Å². The average Bonchev–Trinajstić information content (AvgIpc) is 3.23. The number of aryl methyl sites for hydroxylation is 1. The summed E-state index contributed by atoms with van der Waals surface area (Å²) in [5.41, 5.74) is 3.65. The van der Waals surface area contributed by atoms with E-state index in [0.717, 1.165) is 24.5 Å². The first-order valence-electron chi connectivity index (χ1n) is 7.65. The molecule has 5 heteroatoms. The molecule has 2 aromatic heterocycles. The van der Waals surface area contributed by atoms with Gasteiger partial charge in [0.2, 0.25) is 0 Å². The molecular formula is C17H16N4O. The second-order valence-corrected chi connectivity index (χ2v) is 6.09. The Kier molecular flexibility index (Phi) is 2.38. The van der Waals surface area contributed by atoms with E-state index >= 15 is 0 Å². The summed E-state index contributed by atoms with van der Waals surface area (Å²) in [7, 11) is 0. The molecular weight excluding hydrogens is 276 g/mol. The lowest BCUT2D eigenvalue weighted by atomic mass is 9.84. The van der Waals surface area contributed by atoms with Crippen molar-refractivity contribution in [3.63, 3.8) is 0 Å². The van der Waals surface area contributed by atoms with Crippen LogP contribution in [0, 0.1) is 5.92 Å². The van der Waals surface area contributed by atoms with Gasteiger partial charge in [0.25, 0.3) is 0 Å². The number of aliphatic hydroxyl groups is 1. The molecule has 0 spiro atoms. The number of imidazole rings is 2. The predicted octanol–water partition coefficient (Wildman–Crippen LogP) is 2.40. The normalized spacial score (nSPS) is 25.6. The van der Waals surface area contributed by atoms with Gasteiger partial charge in [0.05, 0.1) is 24.3 Å². The zero-order valence-electron chi connectivity index (χ0n) is 12.0. The Morgan fingerprint density at radius 2 is 2.14 bits per heavy atom. The number of benzene rings is 1. The van der Waals surface area contributed by atoms with Crippen molar-refractivity contribution in [1.29, 1.82) is 0 Å². The highest BCUT2D eigenvalue weighted by Gasteiger charge is 2.41. The third kappa shape index (κ3) is 1.46. The van der Waals surface area contributed by atoms with Crippen LogP contribution in [0.2, 0.25) is 0 Å². The number of hydrogen-bond donors (Lipinski definition) is 1.